The Balaban J connectivity index is 1.42. The van der Waals surface area contributed by atoms with E-state index in [1.165, 1.54) is 17.5 Å². The van der Waals surface area contributed by atoms with E-state index < -0.39 is 0 Å². The summed E-state index contributed by atoms with van der Waals surface area (Å²) in [4.78, 5) is 3.99. The van der Waals surface area contributed by atoms with Gasteiger partial charge in [0.05, 0.1) is 24.4 Å². The van der Waals surface area contributed by atoms with E-state index in [0.29, 0.717) is 17.9 Å². The van der Waals surface area contributed by atoms with Crippen LogP contribution >= 0.6 is 11.3 Å². The number of rotatable bonds is 7. The molecule has 0 saturated carbocycles. The van der Waals surface area contributed by atoms with E-state index in [4.69, 9.17) is 9.15 Å². The van der Waals surface area contributed by atoms with Crippen LogP contribution in [0, 0.1) is 11.3 Å². The first-order valence-corrected chi connectivity index (χ1v) is 12.2. The summed E-state index contributed by atoms with van der Waals surface area (Å²) in [6, 6.07) is 14.5. The molecule has 1 N–H and O–H groups in total. The molecule has 1 unspecified atom stereocenters. The summed E-state index contributed by atoms with van der Waals surface area (Å²) >= 11 is 1.55. The maximum absolute atomic E-state index is 9.57. The number of oxazole rings is 1. The summed E-state index contributed by atoms with van der Waals surface area (Å²) in [5, 5.41) is 23.8. The maximum atomic E-state index is 9.57. The number of benzene rings is 2. The van der Waals surface area contributed by atoms with Crippen molar-refractivity contribution in [1.29, 1.82) is 5.26 Å². The molecule has 8 heteroatoms. The zero-order valence-corrected chi connectivity index (χ0v) is 19.9. The molecule has 0 fully saturated rings. The molecule has 0 saturated heterocycles. The quantitative estimate of drug-likeness (QED) is 0.370. The van der Waals surface area contributed by atoms with Crippen molar-refractivity contribution in [3.8, 4) is 33.0 Å². The summed E-state index contributed by atoms with van der Waals surface area (Å²) in [5.41, 5.74) is 5.13. The van der Waals surface area contributed by atoms with Crippen LogP contribution in [0.5, 0.6) is 5.75 Å². The lowest BCUT2D eigenvalue weighted by Crippen LogP contribution is -2.25. The largest absolute Gasteiger partial charge is 0.490 e. The Labute approximate surface area is 202 Å². The highest BCUT2D eigenvalue weighted by molar-refractivity contribution is 7.17. The third-order valence-electron chi connectivity index (χ3n) is 5.88. The van der Waals surface area contributed by atoms with E-state index in [-0.39, 0.29) is 12.1 Å². The van der Waals surface area contributed by atoms with Crippen LogP contribution in [0.3, 0.4) is 0 Å². The van der Waals surface area contributed by atoms with Crippen molar-refractivity contribution in [3.63, 3.8) is 0 Å². The SMILES string of the molecule is CC(C)Oc1ccc(-c2nnc(-c3cccc4c3CCCC4NCc3cnco3)s2)cc1C#N. The Morgan fingerprint density at radius 2 is 2.12 bits per heavy atom. The van der Waals surface area contributed by atoms with Crippen molar-refractivity contribution in [2.24, 2.45) is 0 Å². The summed E-state index contributed by atoms with van der Waals surface area (Å²) in [6.07, 6.45) is 6.40. The van der Waals surface area contributed by atoms with Crippen LogP contribution in [0.2, 0.25) is 0 Å². The monoisotopic (exact) mass is 471 g/mol. The Morgan fingerprint density at radius 3 is 2.91 bits per heavy atom. The Kier molecular flexibility index (Phi) is 6.39. The second-order valence-corrected chi connectivity index (χ2v) is 9.55. The predicted octanol–water partition coefficient (Wildman–Crippen LogP) is 5.69. The van der Waals surface area contributed by atoms with Gasteiger partial charge in [0.15, 0.2) is 6.39 Å². The minimum absolute atomic E-state index is 0.00408. The van der Waals surface area contributed by atoms with Gasteiger partial charge in [-0.2, -0.15) is 5.26 Å². The van der Waals surface area contributed by atoms with Gasteiger partial charge in [-0.1, -0.05) is 29.5 Å². The van der Waals surface area contributed by atoms with Crippen LogP contribution in [0.1, 0.15) is 55.2 Å². The van der Waals surface area contributed by atoms with Crippen LogP contribution in [-0.4, -0.2) is 21.3 Å². The van der Waals surface area contributed by atoms with Crippen LogP contribution < -0.4 is 10.1 Å². The molecule has 0 aliphatic heterocycles. The van der Waals surface area contributed by atoms with Gasteiger partial charge >= 0.3 is 0 Å². The second-order valence-electron chi connectivity index (χ2n) is 8.57. The van der Waals surface area contributed by atoms with Crippen molar-refractivity contribution in [2.75, 3.05) is 0 Å². The van der Waals surface area contributed by atoms with Gasteiger partial charge in [0.1, 0.15) is 27.6 Å². The normalized spacial score (nSPS) is 15.2. The smallest absolute Gasteiger partial charge is 0.180 e. The molecule has 0 bridgehead atoms. The number of nitrogens with one attached hydrogen (secondary N) is 1. The highest BCUT2D eigenvalue weighted by atomic mass is 32.1. The van der Waals surface area contributed by atoms with E-state index >= 15 is 0 Å². The minimum atomic E-state index is 0.00408. The number of fused-ring (bicyclic) bond motifs is 1. The van der Waals surface area contributed by atoms with Crippen molar-refractivity contribution >= 4 is 11.3 Å². The second kappa shape index (κ2) is 9.75. The van der Waals surface area contributed by atoms with Crippen molar-refractivity contribution in [2.45, 2.75) is 51.8 Å². The molecule has 4 aromatic rings. The summed E-state index contributed by atoms with van der Waals surface area (Å²) in [5.74, 6) is 1.42. The summed E-state index contributed by atoms with van der Waals surface area (Å²) < 4.78 is 11.1. The maximum Gasteiger partial charge on any atom is 0.180 e. The molecule has 2 aromatic heterocycles. The number of nitriles is 1. The lowest BCUT2D eigenvalue weighted by atomic mass is 9.85. The molecule has 0 spiro atoms. The fraction of sp³-hybridized carbons (Fsp3) is 0.308. The van der Waals surface area contributed by atoms with Crippen molar-refractivity contribution in [1.82, 2.24) is 20.5 Å². The Morgan fingerprint density at radius 1 is 1.24 bits per heavy atom. The third kappa shape index (κ3) is 4.58. The molecule has 0 radical (unpaired) electrons. The molecule has 5 rings (SSSR count). The summed E-state index contributed by atoms with van der Waals surface area (Å²) in [6.45, 7) is 4.54. The van der Waals surface area contributed by atoms with Gasteiger partial charge in [-0.05, 0) is 62.4 Å². The molecule has 0 amide bonds. The topological polar surface area (TPSA) is 96.9 Å². The van der Waals surface area contributed by atoms with E-state index in [1.54, 1.807) is 17.5 Å². The predicted molar refractivity (Wildman–Crippen MR) is 130 cm³/mol. The molecule has 1 atom stereocenters. The standard InChI is InChI=1S/C26H25N5O2S/c1-16(2)33-24-10-9-17(11-18(24)12-27)25-30-31-26(34-25)22-7-3-6-21-20(22)5-4-8-23(21)29-14-19-13-28-15-32-19/h3,6-7,9-11,13,15-16,23,29H,4-5,8,14H2,1-2H3. The first-order chi connectivity index (χ1) is 16.6. The first kappa shape index (κ1) is 22.3. The van der Waals surface area contributed by atoms with Gasteiger partial charge in [-0.3, -0.25) is 0 Å². The molecule has 1 aliphatic carbocycles. The van der Waals surface area contributed by atoms with Gasteiger partial charge < -0.3 is 14.5 Å². The van der Waals surface area contributed by atoms with E-state index in [0.717, 1.165) is 46.2 Å². The van der Waals surface area contributed by atoms with E-state index in [2.05, 4.69) is 44.8 Å². The molecule has 2 heterocycles. The lowest BCUT2D eigenvalue weighted by Gasteiger charge is -2.27. The molecule has 1 aliphatic rings. The first-order valence-electron chi connectivity index (χ1n) is 11.4. The third-order valence-corrected chi connectivity index (χ3v) is 6.88. The average molecular weight is 472 g/mol. The lowest BCUT2D eigenvalue weighted by molar-refractivity contribution is 0.242. The van der Waals surface area contributed by atoms with Crippen molar-refractivity contribution < 1.29 is 9.15 Å². The molecular weight excluding hydrogens is 446 g/mol. The molecule has 34 heavy (non-hydrogen) atoms. The Hall–Kier alpha value is -3.54. The number of aromatic nitrogens is 3. The molecular formula is C26H25N5O2S. The molecule has 2 aromatic carbocycles. The average Bonchev–Trinajstić information content (AvgIpc) is 3.55. The number of hydrogen-bond acceptors (Lipinski definition) is 8. The highest BCUT2D eigenvalue weighted by Gasteiger charge is 2.24. The molecule has 172 valence electrons. The van der Waals surface area contributed by atoms with Crippen molar-refractivity contribution in [3.05, 3.63) is 71.4 Å². The van der Waals surface area contributed by atoms with Gasteiger partial charge in [-0.15, -0.1) is 10.2 Å². The van der Waals surface area contributed by atoms with E-state index in [1.807, 2.05) is 32.0 Å². The molecule has 7 nitrogen and oxygen atoms in total. The number of nitrogens with zero attached hydrogens (tertiary/aromatic N) is 4. The highest BCUT2D eigenvalue weighted by Crippen LogP contribution is 2.39. The van der Waals surface area contributed by atoms with E-state index in [9.17, 15) is 5.26 Å². The van der Waals surface area contributed by atoms with Gasteiger partial charge in [-0.25, -0.2) is 4.98 Å². The fourth-order valence-corrected chi connectivity index (χ4v) is 5.26. The van der Waals surface area contributed by atoms with Crippen LogP contribution in [0.4, 0.5) is 0 Å². The minimum Gasteiger partial charge on any atom is -0.490 e. The van der Waals surface area contributed by atoms with Gasteiger partial charge in [0, 0.05) is 17.2 Å². The summed E-state index contributed by atoms with van der Waals surface area (Å²) in [7, 11) is 0. The van der Waals surface area contributed by atoms with Gasteiger partial charge in [0.25, 0.3) is 0 Å². The van der Waals surface area contributed by atoms with Gasteiger partial charge in [0.2, 0.25) is 0 Å². The zero-order chi connectivity index (χ0) is 23.5. The number of hydrogen-bond donors (Lipinski definition) is 1. The Bertz CT molecular complexity index is 1320. The van der Waals surface area contributed by atoms with Crippen LogP contribution in [0.15, 0.2) is 53.4 Å². The van der Waals surface area contributed by atoms with Crippen LogP contribution in [0.25, 0.3) is 21.1 Å². The van der Waals surface area contributed by atoms with Crippen LogP contribution in [-0.2, 0) is 13.0 Å². The zero-order valence-electron chi connectivity index (χ0n) is 19.1. The fourth-order valence-electron chi connectivity index (χ4n) is 4.37. The number of ether oxygens (including phenoxy) is 1.